The number of ether oxygens (including phenoxy) is 1. The summed E-state index contributed by atoms with van der Waals surface area (Å²) in [6.45, 7) is 2.23. The third-order valence-electron chi connectivity index (χ3n) is 7.34. The Labute approximate surface area is 216 Å². The van der Waals surface area contributed by atoms with Crippen LogP contribution in [0.4, 0.5) is 5.69 Å². The molecule has 0 spiro atoms. The van der Waals surface area contributed by atoms with E-state index in [1.54, 1.807) is 18.2 Å². The smallest absolute Gasteiger partial charge is 0.336 e. The van der Waals surface area contributed by atoms with Crippen LogP contribution in [0.25, 0.3) is 11.1 Å². The molecule has 0 aromatic heterocycles. The van der Waals surface area contributed by atoms with Gasteiger partial charge in [-0.25, -0.2) is 4.79 Å². The Hall–Kier alpha value is -4.58. The van der Waals surface area contributed by atoms with Crippen LogP contribution in [0, 0.1) is 5.41 Å². The number of rotatable bonds is 6. The number of aromatic carboxylic acids is 1. The lowest BCUT2D eigenvalue weighted by Gasteiger charge is -2.42. The average Bonchev–Trinajstić information content (AvgIpc) is 2.93. The van der Waals surface area contributed by atoms with Gasteiger partial charge < -0.3 is 20.9 Å². The highest BCUT2D eigenvalue weighted by molar-refractivity contribution is 5.97. The molecular formula is C31H29N3O3. The third kappa shape index (κ3) is 4.42. The van der Waals surface area contributed by atoms with Crippen LogP contribution in [0.15, 0.2) is 91.0 Å². The highest BCUT2D eigenvalue weighted by Crippen LogP contribution is 2.48. The lowest BCUT2D eigenvalue weighted by atomic mass is 9.68. The summed E-state index contributed by atoms with van der Waals surface area (Å²) < 4.78 is 5.24. The molecule has 6 heteroatoms. The van der Waals surface area contributed by atoms with Gasteiger partial charge in [-0.1, -0.05) is 55.5 Å². The first kappa shape index (κ1) is 24.1. The summed E-state index contributed by atoms with van der Waals surface area (Å²) in [4.78, 5) is 12.0. The molecule has 0 radical (unpaired) electrons. The van der Waals surface area contributed by atoms with E-state index in [4.69, 9.17) is 15.9 Å². The zero-order chi connectivity index (χ0) is 26.2. The molecule has 0 bridgehead atoms. The second-order valence-electron chi connectivity index (χ2n) is 9.62. The van der Waals surface area contributed by atoms with Crippen LogP contribution in [-0.2, 0) is 5.41 Å². The summed E-state index contributed by atoms with van der Waals surface area (Å²) in [5, 5.41) is 21.5. The fraction of sp³-hybridized carbons (Fsp3) is 0.161. The molecule has 0 aliphatic carbocycles. The Morgan fingerprint density at radius 3 is 2.51 bits per heavy atom. The van der Waals surface area contributed by atoms with Crippen molar-refractivity contribution < 1.29 is 14.6 Å². The molecule has 2 atom stereocenters. The number of nitrogen functional groups attached to an aromatic ring is 1. The number of carboxylic acid groups (broad SMARTS) is 1. The van der Waals surface area contributed by atoms with Gasteiger partial charge in [0.25, 0.3) is 0 Å². The highest BCUT2D eigenvalue weighted by Gasteiger charge is 2.39. The molecule has 4 aromatic rings. The molecule has 4 aromatic carbocycles. The molecule has 5 N–H and O–H groups in total. The fourth-order valence-electron chi connectivity index (χ4n) is 5.33. The SMILES string of the molecule is COc1ccc(-c2cccc(C3CC(C)(c4ccccc4)c4cc(C(=N)N)ccc4N3)c2)c(C(=O)O)c1. The second-order valence-corrected chi connectivity index (χ2v) is 9.62. The van der Waals surface area contributed by atoms with Crippen LogP contribution < -0.4 is 15.8 Å². The minimum atomic E-state index is -0.998. The van der Waals surface area contributed by atoms with Crippen LogP contribution in [0.2, 0.25) is 0 Å². The molecule has 0 saturated heterocycles. The molecule has 1 aliphatic heterocycles. The minimum absolute atomic E-state index is 0.0210. The van der Waals surface area contributed by atoms with Crippen molar-refractivity contribution in [2.75, 3.05) is 12.4 Å². The first-order chi connectivity index (χ1) is 17.8. The summed E-state index contributed by atoms with van der Waals surface area (Å²) >= 11 is 0. The van der Waals surface area contributed by atoms with E-state index in [-0.39, 0.29) is 22.9 Å². The van der Waals surface area contributed by atoms with Gasteiger partial charge in [0, 0.05) is 16.7 Å². The fourth-order valence-corrected chi connectivity index (χ4v) is 5.33. The summed E-state index contributed by atoms with van der Waals surface area (Å²) in [5.41, 5.74) is 12.2. The van der Waals surface area contributed by atoms with Crippen LogP contribution in [-0.4, -0.2) is 24.0 Å². The van der Waals surface area contributed by atoms with Gasteiger partial charge >= 0.3 is 5.97 Å². The first-order valence-corrected chi connectivity index (χ1v) is 12.1. The maximum Gasteiger partial charge on any atom is 0.336 e. The Bertz CT molecular complexity index is 1500. The van der Waals surface area contributed by atoms with Crippen LogP contribution >= 0.6 is 0 Å². The summed E-state index contributed by atoms with van der Waals surface area (Å²) in [7, 11) is 1.52. The average molecular weight is 492 g/mol. The molecular weight excluding hydrogens is 462 g/mol. The zero-order valence-electron chi connectivity index (χ0n) is 20.8. The first-order valence-electron chi connectivity index (χ1n) is 12.1. The van der Waals surface area contributed by atoms with E-state index < -0.39 is 5.97 Å². The maximum absolute atomic E-state index is 12.0. The molecule has 5 rings (SSSR count). The van der Waals surface area contributed by atoms with E-state index in [1.165, 1.54) is 12.7 Å². The van der Waals surface area contributed by atoms with Crippen molar-refractivity contribution in [1.29, 1.82) is 5.41 Å². The van der Waals surface area contributed by atoms with Gasteiger partial charge in [0.2, 0.25) is 0 Å². The Balaban J connectivity index is 1.60. The van der Waals surface area contributed by atoms with E-state index >= 15 is 0 Å². The number of hydrogen-bond acceptors (Lipinski definition) is 4. The van der Waals surface area contributed by atoms with Gasteiger partial charge in [-0.05, 0) is 76.7 Å². The predicted molar refractivity (Wildman–Crippen MR) is 147 cm³/mol. The van der Waals surface area contributed by atoms with Crippen molar-refractivity contribution >= 4 is 17.5 Å². The monoisotopic (exact) mass is 491 g/mol. The van der Waals surface area contributed by atoms with Crippen LogP contribution in [0.3, 0.4) is 0 Å². The number of nitrogens with two attached hydrogens (primary N) is 1. The van der Waals surface area contributed by atoms with Gasteiger partial charge in [-0.3, -0.25) is 5.41 Å². The van der Waals surface area contributed by atoms with Crippen molar-refractivity contribution in [3.05, 3.63) is 119 Å². The van der Waals surface area contributed by atoms with Crippen molar-refractivity contribution in [2.24, 2.45) is 5.73 Å². The number of carboxylic acids is 1. The summed E-state index contributed by atoms with van der Waals surface area (Å²) in [6, 6.07) is 29.4. The van der Waals surface area contributed by atoms with Gasteiger partial charge in [0.05, 0.1) is 18.7 Å². The number of nitrogens with one attached hydrogen (secondary N) is 2. The molecule has 0 fully saturated rings. The number of amidine groups is 1. The van der Waals surface area contributed by atoms with Crippen molar-refractivity contribution in [1.82, 2.24) is 0 Å². The van der Waals surface area contributed by atoms with Crippen molar-refractivity contribution in [3.8, 4) is 16.9 Å². The van der Waals surface area contributed by atoms with E-state index in [9.17, 15) is 9.90 Å². The quantitative estimate of drug-likeness (QED) is 0.189. The van der Waals surface area contributed by atoms with Crippen molar-refractivity contribution in [3.63, 3.8) is 0 Å². The number of carbonyl (C=O) groups is 1. The van der Waals surface area contributed by atoms with Crippen LogP contribution in [0.5, 0.6) is 5.75 Å². The summed E-state index contributed by atoms with van der Waals surface area (Å²) in [6.07, 6.45) is 0.767. The normalized spacial score (nSPS) is 18.4. The highest BCUT2D eigenvalue weighted by atomic mass is 16.5. The molecule has 6 nitrogen and oxygen atoms in total. The number of hydrogen-bond donors (Lipinski definition) is 4. The van der Waals surface area contributed by atoms with Gasteiger partial charge in [0.1, 0.15) is 11.6 Å². The topological polar surface area (TPSA) is 108 Å². The Morgan fingerprint density at radius 1 is 1.03 bits per heavy atom. The van der Waals surface area contributed by atoms with E-state index in [2.05, 4.69) is 36.5 Å². The van der Waals surface area contributed by atoms with Gasteiger partial charge in [-0.15, -0.1) is 0 Å². The Kier molecular flexibility index (Phi) is 6.17. The number of benzene rings is 4. The molecule has 186 valence electrons. The number of anilines is 1. The third-order valence-corrected chi connectivity index (χ3v) is 7.34. The maximum atomic E-state index is 12.0. The number of methoxy groups -OCH3 is 1. The molecule has 1 aliphatic rings. The largest absolute Gasteiger partial charge is 0.497 e. The van der Waals surface area contributed by atoms with Gasteiger partial charge in [0.15, 0.2) is 0 Å². The number of fused-ring (bicyclic) bond motifs is 1. The molecule has 2 unspecified atom stereocenters. The predicted octanol–water partition coefficient (Wildman–Crippen LogP) is 6.21. The second kappa shape index (κ2) is 9.47. The van der Waals surface area contributed by atoms with E-state index in [0.717, 1.165) is 28.8 Å². The van der Waals surface area contributed by atoms with Crippen molar-refractivity contribution in [2.45, 2.75) is 24.8 Å². The minimum Gasteiger partial charge on any atom is -0.497 e. The van der Waals surface area contributed by atoms with E-state index in [0.29, 0.717) is 16.9 Å². The lowest BCUT2D eigenvalue weighted by Crippen LogP contribution is -2.35. The van der Waals surface area contributed by atoms with E-state index in [1.807, 2.05) is 48.5 Å². The van der Waals surface area contributed by atoms with Gasteiger partial charge in [-0.2, -0.15) is 0 Å². The Morgan fingerprint density at radius 2 is 1.81 bits per heavy atom. The molecule has 0 saturated carbocycles. The van der Waals surface area contributed by atoms with Crippen LogP contribution in [0.1, 0.15) is 52.0 Å². The zero-order valence-corrected chi connectivity index (χ0v) is 20.8. The molecule has 1 heterocycles. The summed E-state index contributed by atoms with van der Waals surface area (Å²) in [5.74, 6) is -0.449. The molecule has 0 amide bonds. The standard InChI is InChI=1S/C31H29N3O3/c1-31(22-9-4-3-5-10-22)18-28(34-27-14-11-21(29(32)33)16-26(27)31)20-8-6-7-19(15-20)24-13-12-23(37-2)17-25(24)30(35)36/h3-17,28,34H,18H2,1-2H3,(H3,32,33)(H,35,36). The molecule has 37 heavy (non-hydrogen) atoms. The lowest BCUT2D eigenvalue weighted by molar-refractivity contribution is 0.0697.